The number of carbonyl (C=O) groups excluding carboxylic acids is 1. The summed E-state index contributed by atoms with van der Waals surface area (Å²) in [6.45, 7) is 11.5. The molecule has 1 saturated carbocycles. The van der Waals surface area contributed by atoms with Crippen LogP contribution >= 0.6 is 0 Å². The van der Waals surface area contributed by atoms with E-state index in [1.165, 1.54) is 12.8 Å². The molecular weight excluding hydrogens is 414 g/mol. The number of unbranched alkanes of at least 4 members (excludes halogenated alkanes) is 1. The Balaban J connectivity index is 1.52. The van der Waals surface area contributed by atoms with Gasteiger partial charge in [-0.3, -0.25) is 4.79 Å². The van der Waals surface area contributed by atoms with Crippen LogP contribution in [-0.4, -0.2) is 40.5 Å². The van der Waals surface area contributed by atoms with Gasteiger partial charge in [0.2, 0.25) is 5.91 Å². The smallest absolute Gasteiger partial charge is 0.320 e. The first-order chi connectivity index (χ1) is 15.9. The normalized spacial score (nSPS) is 15.3. The molecule has 2 heterocycles. The summed E-state index contributed by atoms with van der Waals surface area (Å²) in [5, 5.41) is 0. The Kier molecular flexibility index (Phi) is 7.16. The van der Waals surface area contributed by atoms with Crippen LogP contribution in [0.2, 0.25) is 0 Å². The van der Waals surface area contributed by atoms with Crippen molar-refractivity contribution in [3.05, 3.63) is 53.1 Å². The van der Waals surface area contributed by atoms with Crippen LogP contribution in [0.4, 0.5) is 11.6 Å². The quantitative estimate of drug-likeness (QED) is 0.434. The van der Waals surface area contributed by atoms with Crippen molar-refractivity contribution in [3.63, 3.8) is 0 Å². The molecule has 1 fully saturated rings. The van der Waals surface area contributed by atoms with E-state index >= 15 is 0 Å². The summed E-state index contributed by atoms with van der Waals surface area (Å²) in [5.74, 6) is 2.09. The van der Waals surface area contributed by atoms with Gasteiger partial charge in [-0.05, 0) is 36.3 Å². The van der Waals surface area contributed by atoms with Crippen molar-refractivity contribution in [1.29, 1.82) is 0 Å². The Hall–Kier alpha value is -3.09. The van der Waals surface area contributed by atoms with Gasteiger partial charge in [-0.15, -0.1) is 0 Å². The largest absolute Gasteiger partial charge is 0.463 e. The highest BCUT2D eigenvalue weighted by Gasteiger charge is 2.27. The first-order valence-corrected chi connectivity index (χ1v) is 12.0. The minimum atomic E-state index is 0.135. The Bertz CT molecular complexity index is 1020. The number of hydrogen-bond acceptors (Lipinski definition) is 6. The van der Waals surface area contributed by atoms with Crippen molar-refractivity contribution in [2.24, 2.45) is 5.92 Å². The monoisotopic (exact) mass is 449 g/mol. The van der Waals surface area contributed by atoms with Crippen LogP contribution in [0.1, 0.15) is 56.2 Å². The van der Waals surface area contributed by atoms with E-state index < -0.39 is 0 Å². The number of benzene rings is 1. The van der Waals surface area contributed by atoms with E-state index in [1.807, 2.05) is 4.90 Å². The molecule has 0 bridgehead atoms. The molecule has 1 aromatic heterocycles. The third kappa shape index (κ3) is 6.03. The van der Waals surface area contributed by atoms with Gasteiger partial charge in [0, 0.05) is 45.1 Å². The molecule has 1 aliphatic heterocycles. The Morgan fingerprint density at radius 1 is 1.30 bits per heavy atom. The minimum Gasteiger partial charge on any atom is -0.463 e. The molecule has 0 radical (unpaired) electrons. The Morgan fingerprint density at radius 2 is 2.09 bits per heavy atom. The third-order valence-electron chi connectivity index (χ3n) is 6.23. The molecule has 0 saturated heterocycles. The summed E-state index contributed by atoms with van der Waals surface area (Å²) in [4.78, 5) is 25.3. The zero-order chi connectivity index (χ0) is 23.4. The molecule has 0 unspecified atom stereocenters. The molecule has 176 valence electrons. The number of nitrogen functional groups attached to an aromatic ring is 1. The van der Waals surface area contributed by atoms with Crippen molar-refractivity contribution in [2.45, 2.75) is 59.0 Å². The molecular formula is C26H35N5O2. The molecule has 1 aromatic carbocycles. The number of aromatic nitrogens is 2. The molecule has 2 aromatic rings. The van der Waals surface area contributed by atoms with Gasteiger partial charge in [0.25, 0.3) is 0 Å². The molecule has 7 nitrogen and oxygen atoms in total. The van der Waals surface area contributed by atoms with Gasteiger partial charge in [-0.25, -0.2) is 0 Å². The molecule has 4 rings (SSSR count). The lowest BCUT2D eigenvalue weighted by atomic mass is 10.0. The number of nitrogens with zero attached hydrogens (tertiary/aromatic N) is 4. The highest BCUT2D eigenvalue weighted by molar-refractivity contribution is 5.73. The SMILES string of the molecule is C=C1Cc2c(N)nc(OCCCC)nc2N(Cc2cccc(CN(CC3CC3)C(C)=O)c2)C1. The lowest BCUT2D eigenvalue weighted by molar-refractivity contribution is -0.129. The van der Waals surface area contributed by atoms with E-state index in [0.29, 0.717) is 50.4 Å². The predicted molar refractivity (Wildman–Crippen MR) is 131 cm³/mol. The molecule has 1 amide bonds. The number of fused-ring (bicyclic) bond motifs is 1. The summed E-state index contributed by atoms with van der Waals surface area (Å²) < 4.78 is 5.75. The second-order valence-electron chi connectivity index (χ2n) is 9.34. The molecule has 0 spiro atoms. The molecule has 33 heavy (non-hydrogen) atoms. The lowest BCUT2D eigenvalue weighted by Crippen LogP contribution is -2.32. The number of nitrogens with two attached hydrogens (primary N) is 1. The summed E-state index contributed by atoms with van der Waals surface area (Å²) in [6.07, 6.45) is 5.15. The molecule has 1 aliphatic carbocycles. The van der Waals surface area contributed by atoms with Gasteiger partial charge >= 0.3 is 6.01 Å². The zero-order valence-corrected chi connectivity index (χ0v) is 19.8. The van der Waals surface area contributed by atoms with Gasteiger partial charge in [-0.2, -0.15) is 9.97 Å². The van der Waals surface area contributed by atoms with Crippen LogP contribution in [0.3, 0.4) is 0 Å². The first-order valence-electron chi connectivity index (χ1n) is 12.0. The summed E-state index contributed by atoms with van der Waals surface area (Å²) in [7, 11) is 0. The van der Waals surface area contributed by atoms with E-state index in [-0.39, 0.29) is 5.91 Å². The van der Waals surface area contributed by atoms with Gasteiger partial charge in [0.05, 0.1) is 6.61 Å². The van der Waals surface area contributed by atoms with Gasteiger partial charge in [-0.1, -0.05) is 49.8 Å². The second-order valence-corrected chi connectivity index (χ2v) is 9.34. The molecule has 7 heteroatoms. The van der Waals surface area contributed by atoms with Crippen molar-refractivity contribution >= 4 is 17.5 Å². The maximum atomic E-state index is 12.1. The van der Waals surface area contributed by atoms with Crippen LogP contribution in [0.25, 0.3) is 0 Å². The first kappa shape index (κ1) is 23.1. The number of rotatable bonds is 10. The van der Waals surface area contributed by atoms with Crippen LogP contribution < -0.4 is 15.4 Å². The number of hydrogen-bond donors (Lipinski definition) is 1. The zero-order valence-electron chi connectivity index (χ0n) is 19.8. The molecule has 2 aliphatic rings. The van der Waals surface area contributed by atoms with E-state index in [9.17, 15) is 4.79 Å². The van der Waals surface area contributed by atoms with E-state index in [1.54, 1.807) is 6.92 Å². The third-order valence-corrected chi connectivity index (χ3v) is 6.23. The topological polar surface area (TPSA) is 84.6 Å². The molecule has 2 N–H and O–H groups in total. The lowest BCUT2D eigenvalue weighted by Gasteiger charge is -2.32. The Labute approximate surface area is 196 Å². The van der Waals surface area contributed by atoms with Gasteiger partial charge in [0.1, 0.15) is 11.6 Å². The second kappa shape index (κ2) is 10.2. The van der Waals surface area contributed by atoms with E-state index in [4.69, 9.17) is 15.5 Å². The molecule has 0 atom stereocenters. The highest BCUT2D eigenvalue weighted by Crippen LogP contribution is 2.33. The van der Waals surface area contributed by atoms with Crippen molar-refractivity contribution in [3.8, 4) is 6.01 Å². The van der Waals surface area contributed by atoms with Crippen LogP contribution in [0, 0.1) is 5.92 Å². The number of amides is 1. The van der Waals surface area contributed by atoms with Crippen LogP contribution in [-0.2, 0) is 24.3 Å². The van der Waals surface area contributed by atoms with Crippen molar-refractivity contribution in [2.75, 3.05) is 30.3 Å². The fourth-order valence-corrected chi connectivity index (χ4v) is 4.24. The van der Waals surface area contributed by atoms with Crippen molar-refractivity contribution < 1.29 is 9.53 Å². The maximum Gasteiger partial charge on any atom is 0.320 e. The van der Waals surface area contributed by atoms with Crippen LogP contribution in [0.5, 0.6) is 6.01 Å². The standard InChI is InChI=1S/C26H35N5O2/c1-4-5-11-33-26-28-24(27)23-12-18(2)14-31(25(23)29-26)17-22-8-6-7-21(13-22)16-30(19(3)32)15-20-9-10-20/h6-8,13,20H,2,4-5,9-12,14-17H2,1,3H3,(H2,27,28,29). The number of ether oxygens (including phenoxy) is 1. The van der Waals surface area contributed by atoms with Crippen LogP contribution in [0.15, 0.2) is 36.4 Å². The Morgan fingerprint density at radius 3 is 2.82 bits per heavy atom. The summed E-state index contributed by atoms with van der Waals surface area (Å²) in [6, 6.07) is 8.79. The highest BCUT2D eigenvalue weighted by atomic mass is 16.5. The fourth-order valence-electron chi connectivity index (χ4n) is 4.24. The minimum absolute atomic E-state index is 0.135. The number of anilines is 2. The van der Waals surface area contributed by atoms with E-state index in [0.717, 1.165) is 47.5 Å². The average Bonchev–Trinajstić information content (AvgIpc) is 3.59. The van der Waals surface area contributed by atoms with Gasteiger partial charge in [0.15, 0.2) is 0 Å². The summed E-state index contributed by atoms with van der Waals surface area (Å²) in [5.41, 5.74) is 10.6. The maximum absolute atomic E-state index is 12.1. The number of carbonyl (C=O) groups is 1. The fraction of sp³-hybridized carbons (Fsp3) is 0.500. The van der Waals surface area contributed by atoms with Crippen molar-refractivity contribution in [1.82, 2.24) is 14.9 Å². The average molecular weight is 450 g/mol. The van der Waals surface area contributed by atoms with Gasteiger partial charge < -0.3 is 20.3 Å². The van der Waals surface area contributed by atoms with E-state index in [2.05, 4.69) is 47.7 Å². The summed E-state index contributed by atoms with van der Waals surface area (Å²) >= 11 is 0. The predicted octanol–water partition coefficient (Wildman–Crippen LogP) is 4.12.